The number of nitrogens with zero attached hydrogens (tertiary/aromatic N) is 2. The average Bonchev–Trinajstić information content (AvgIpc) is 2.74. The number of aromatic nitrogens is 2. The zero-order valence-electron chi connectivity index (χ0n) is 9.96. The van der Waals surface area contributed by atoms with Crippen molar-refractivity contribution >= 4 is 38.1 Å². The molecule has 0 aliphatic carbocycles. The topological polar surface area (TPSA) is 49.8 Å². The molecule has 2 aromatic heterocycles. The fraction of sp³-hybridized carbons (Fsp3) is 0.333. The van der Waals surface area contributed by atoms with E-state index in [0.29, 0.717) is 0 Å². The van der Waals surface area contributed by atoms with E-state index in [9.17, 15) is 0 Å². The smallest absolute Gasteiger partial charge is 0.139 e. The minimum Gasteiger partial charge on any atom is -0.332 e. The number of hydrogen-bond acceptors (Lipinski definition) is 5. The predicted octanol–water partition coefficient (Wildman–Crippen LogP) is 3.00. The molecule has 3 heterocycles. The van der Waals surface area contributed by atoms with Crippen molar-refractivity contribution in [1.82, 2.24) is 15.3 Å². The molecule has 0 atom stereocenters. The number of fused-ring (bicyclic) bond motifs is 1. The Morgan fingerprint density at radius 2 is 2.28 bits per heavy atom. The third-order valence-electron chi connectivity index (χ3n) is 2.86. The van der Waals surface area contributed by atoms with Gasteiger partial charge in [0.1, 0.15) is 11.6 Å². The van der Waals surface area contributed by atoms with Crippen LogP contribution in [0.5, 0.6) is 0 Å². The molecule has 1 aliphatic rings. The lowest BCUT2D eigenvalue weighted by molar-refractivity contribution is 0.625. The lowest BCUT2D eigenvalue weighted by Crippen LogP contribution is -2.26. The van der Waals surface area contributed by atoms with E-state index in [1.54, 1.807) is 11.3 Å². The van der Waals surface area contributed by atoms with E-state index >= 15 is 0 Å². The molecule has 0 unspecified atom stereocenters. The SMILES string of the molecule is Cc1nc2c(c(Nc3ccc(Br)s3)n1)CNCC2. The molecule has 0 bridgehead atoms. The first kappa shape index (κ1) is 12.1. The Kier molecular flexibility index (Phi) is 3.32. The molecule has 6 heteroatoms. The molecule has 0 amide bonds. The van der Waals surface area contributed by atoms with E-state index in [2.05, 4.69) is 42.6 Å². The fourth-order valence-corrected chi connectivity index (χ4v) is 3.35. The Balaban J connectivity index is 1.98. The van der Waals surface area contributed by atoms with Crippen LogP contribution in [0.4, 0.5) is 10.8 Å². The van der Waals surface area contributed by atoms with Gasteiger partial charge in [0.25, 0.3) is 0 Å². The monoisotopic (exact) mass is 324 g/mol. The minimum absolute atomic E-state index is 0.828. The van der Waals surface area contributed by atoms with Gasteiger partial charge >= 0.3 is 0 Å². The number of nitrogens with one attached hydrogen (secondary N) is 2. The van der Waals surface area contributed by atoms with Crippen molar-refractivity contribution in [2.24, 2.45) is 0 Å². The van der Waals surface area contributed by atoms with Crippen molar-refractivity contribution in [3.8, 4) is 0 Å². The van der Waals surface area contributed by atoms with Crippen LogP contribution in [-0.4, -0.2) is 16.5 Å². The largest absolute Gasteiger partial charge is 0.332 e. The summed E-state index contributed by atoms with van der Waals surface area (Å²) in [6, 6.07) is 4.08. The number of aryl methyl sites for hydroxylation is 1. The number of rotatable bonds is 2. The summed E-state index contributed by atoms with van der Waals surface area (Å²) in [5, 5.41) is 7.85. The van der Waals surface area contributed by atoms with Crippen molar-refractivity contribution in [1.29, 1.82) is 0 Å². The maximum absolute atomic E-state index is 4.52. The zero-order chi connectivity index (χ0) is 12.5. The number of anilines is 2. The molecule has 18 heavy (non-hydrogen) atoms. The Morgan fingerprint density at radius 1 is 1.39 bits per heavy atom. The summed E-state index contributed by atoms with van der Waals surface area (Å²) in [5.74, 6) is 1.76. The van der Waals surface area contributed by atoms with Crippen LogP contribution in [0, 0.1) is 6.92 Å². The van der Waals surface area contributed by atoms with Gasteiger partial charge < -0.3 is 10.6 Å². The van der Waals surface area contributed by atoms with Gasteiger partial charge in [-0.25, -0.2) is 9.97 Å². The predicted molar refractivity (Wildman–Crippen MR) is 77.5 cm³/mol. The van der Waals surface area contributed by atoms with Crippen LogP contribution >= 0.6 is 27.3 Å². The van der Waals surface area contributed by atoms with E-state index in [1.165, 1.54) is 11.3 Å². The molecule has 1 aliphatic heterocycles. The Morgan fingerprint density at radius 3 is 3.06 bits per heavy atom. The maximum atomic E-state index is 4.52. The molecule has 0 radical (unpaired) electrons. The first-order valence-corrected chi connectivity index (χ1v) is 7.43. The van der Waals surface area contributed by atoms with Crippen molar-refractivity contribution in [2.75, 3.05) is 11.9 Å². The van der Waals surface area contributed by atoms with E-state index in [0.717, 1.165) is 39.9 Å². The van der Waals surface area contributed by atoms with Crippen molar-refractivity contribution in [3.63, 3.8) is 0 Å². The third kappa shape index (κ3) is 2.41. The highest BCUT2D eigenvalue weighted by Crippen LogP contribution is 2.30. The summed E-state index contributed by atoms with van der Waals surface area (Å²) in [4.78, 5) is 9.04. The first-order valence-electron chi connectivity index (χ1n) is 5.82. The molecule has 0 fully saturated rings. The Hall–Kier alpha value is -0.980. The molecule has 2 aromatic rings. The number of thiophene rings is 1. The van der Waals surface area contributed by atoms with Crippen molar-refractivity contribution < 1.29 is 0 Å². The van der Waals surface area contributed by atoms with Crippen LogP contribution < -0.4 is 10.6 Å². The zero-order valence-corrected chi connectivity index (χ0v) is 12.4. The van der Waals surface area contributed by atoms with Gasteiger partial charge in [0.2, 0.25) is 0 Å². The van der Waals surface area contributed by atoms with Crippen molar-refractivity contribution in [2.45, 2.75) is 19.9 Å². The molecule has 94 valence electrons. The van der Waals surface area contributed by atoms with E-state index in [4.69, 9.17) is 0 Å². The lowest BCUT2D eigenvalue weighted by atomic mass is 10.1. The highest BCUT2D eigenvalue weighted by atomic mass is 79.9. The Labute approximate surface area is 118 Å². The first-order chi connectivity index (χ1) is 8.72. The summed E-state index contributed by atoms with van der Waals surface area (Å²) in [6.07, 6.45) is 0.974. The van der Waals surface area contributed by atoms with Gasteiger partial charge in [-0.05, 0) is 35.0 Å². The molecule has 0 spiro atoms. The van der Waals surface area contributed by atoms with Gasteiger partial charge in [0.15, 0.2) is 0 Å². The van der Waals surface area contributed by atoms with Crippen LogP contribution in [0.25, 0.3) is 0 Å². The quantitative estimate of drug-likeness (QED) is 0.891. The van der Waals surface area contributed by atoms with Crippen LogP contribution in [0.2, 0.25) is 0 Å². The number of hydrogen-bond donors (Lipinski definition) is 2. The van der Waals surface area contributed by atoms with Gasteiger partial charge in [0, 0.05) is 25.1 Å². The van der Waals surface area contributed by atoms with Gasteiger partial charge in [-0.2, -0.15) is 0 Å². The van der Waals surface area contributed by atoms with E-state index < -0.39 is 0 Å². The fourth-order valence-electron chi connectivity index (χ4n) is 2.07. The highest BCUT2D eigenvalue weighted by molar-refractivity contribution is 9.11. The summed E-state index contributed by atoms with van der Waals surface area (Å²) in [7, 11) is 0. The van der Waals surface area contributed by atoms with E-state index in [1.807, 2.05) is 13.0 Å². The summed E-state index contributed by atoms with van der Waals surface area (Å²) >= 11 is 5.13. The normalized spacial score (nSPS) is 14.3. The molecule has 2 N–H and O–H groups in total. The van der Waals surface area contributed by atoms with Crippen LogP contribution in [0.15, 0.2) is 15.9 Å². The van der Waals surface area contributed by atoms with Crippen LogP contribution in [0.3, 0.4) is 0 Å². The molecule has 0 saturated heterocycles. The molecular formula is C12H13BrN4S. The minimum atomic E-state index is 0.828. The molecular weight excluding hydrogens is 312 g/mol. The van der Waals surface area contributed by atoms with Crippen LogP contribution in [-0.2, 0) is 13.0 Å². The maximum Gasteiger partial charge on any atom is 0.139 e. The summed E-state index contributed by atoms with van der Waals surface area (Å²) in [5.41, 5.74) is 2.36. The molecule has 0 saturated carbocycles. The van der Waals surface area contributed by atoms with Gasteiger partial charge in [0.05, 0.1) is 14.5 Å². The van der Waals surface area contributed by atoms with Gasteiger partial charge in [-0.3, -0.25) is 0 Å². The number of halogens is 1. The van der Waals surface area contributed by atoms with Crippen molar-refractivity contribution in [3.05, 3.63) is 33.0 Å². The van der Waals surface area contributed by atoms with Crippen LogP contribution in [0.1, 0.15) is 17.1 Å². The summed E-state index contributed by atoms with van der Waals surface area (Å²) < 4.78 is 1.11. The Bertz CT molecular complexity index is 581. The second-order valence-electron chi connectivity index (χ2n) is 4.20. The molecule has 3 rings (SSSR count). The highest BCUT2D eigenvalue weighted by Gasteiger charge is 2.16. The van der Waals surface area contributed by atoms with Gasteiger partial charge in [-0.15, -0.1) is 11.3 Å². The van der Waals surface area contributed by atoms with E-state index in [-0.39, 0.29) is 0 Å². The standard InChI is InChI=1S/C12H13BrN4S/c1-7-15-9-4-5-14-6-8(9)12(16-7)17-11-3-2-10(13)18-11/h2-3,14H,4-6H2,1H3,(H,15,16,17). The summed E-state index contributed by atoms with van der Waals surface area (Å²) in [6.45, 7) is 3.77. The molecule has 4 nitrogen and oxygen atoms in total. The van der Waals surface area contributed by atoms with Gasteiger partial charge in [-0.1, -0.05) is 0 Å². The lowest BCUT2D eigenvalue weighted by Gasteiger charge is -2.19. The average molecular weight is 325 g/mol. The third-order valence-corrected chi connectivity index (χ3v) is 4.40. The second-order valence-corrected chi connectivity index (χ2v) is 6.66. The molecule has 0 aromatic carbocycles. The second kappa shape index (κ2) is 4.95.